The summed E-state index contributed by atoms with van der Waals surface area (Å²) in [6.45, 7) is 0. The van der Waals surface area contributed by atoms with Crippen molar-refractivity contribution in [1.29, 1.82) is 0 Å². The summed E-state index contributed by atoms with van der Waals surface area (Å²) in [6.07, 6.45) is 1.08. The lowest BCUT2D eigenvalue weighted by atomic mass is 9.95. The van der Waals surface area contributed by atoms with Crippen molar-refractivity contribution in [2.75, 3.05) is 4.90 Å². The van der Waals surface area contributed by atoms with Crippen LogP contribution in [-0.2, 0) is 19.4 Å². The molecule has 0 radical (unpaired) electrons. The van der Waals surface area contributed by atoms with Gasteiger partial charge < -0.3 is 15.3 Å². The van der Waals surface area contributed by atoms with Gasteiger partial charge >= 0.3 is 5.91 Å². The van der Waals surface area contributed by atoms with E-state index in [0.29, 0.717) is 21.9 Å². The molecule has 1 unspecified atom stereocenters. The lowest BCUT2D eigenvalue weighted by Gasteiger charge is -2.23. The summed E-state index contributed by atoms with van der Waals surface area (Å²) in [6, 6.07) is 15.5. The minimum atomic E-state index is -4.05. The number of benzene rings is 3. The van der Waals surface area contributed by atoms with Crippen molar-refractivity contribution in [2.45, 2.75) is 15.1 Å². The lowest BCUT2D eigenvalue weighted by molar-refractivity contribution is -0.132. The number of ketones is 1. The molecule has 5 rings (SSSR count). The van der Waals surface area contributed by atoms with Crippen LogP contribution in [0.25, 0.3) is 5.76 Å². The average Bonchev–Trinajstić information content (AvgIpc) is 3.48. The molecule has 1 aliphatic heterocycles. The molecule has 1 atom stereocenters. The molecular formula is C26H19ClN2O7S3. The van der Waals surface area contributed by atoms with Crippen molar-refractivity contribution in [2.24, 2.45) is 0 Å². The van der Waals surface area contributed by atoms with Crippen LogP contribution in [0.4, 0.5) is 5.13 Å². The molecule has 0 spiro atoms. The fourth-order valence-electron chi connectivity index (χ4n) is 4.02. The summed E-state index contributed by atoms with van der Waals surface area (Å²) in [5.74, 6) is -2.66. The molecule has 0 bridgehead atoms. The molecule has 1 aliphatic rings. The Bertz CT molecular complexity index is 1720. The molecule has 1 fully saturated rings. The van der Waals surface area contributed by atoms with Crippen molar-refractivity contribution in [1.82, 2.24) is 4.98 Å². The van der Waals surface area contributed by atoms with E-state index in [4.69, 9.17) is 11.6 Å². The number of carbonyl (C=O) groups is 2. The van der Waals surface area contributed by atoms with E-state index in [9.17, 15) is 33.3 Å². The number of sulfone groups is 1. The second-order valence-corrected chi connectivity index (χ2v) is 11.9. The van der Waals surface area contributed by atoms with Crippen molar-refractivity contribution < 1.29 is 33.3 Å². The van der Waals surface area contributed by atoms with Gasteiger partial charge in [0, 0.05) is 10.6 Å². The Hall–Kier alpha value is -3.84. The van der Waals surface area contributed by atoms with E-state index in [1.54, 1.807) is 18.2 Å². The number of thiazole rings is 1. The molecule has 3 N–H and O–H groups in total. The number of aromatic nitrogens is 1. The summed E-state index contributed by atoms with van der Waals surface area (Å²) < 4.78 is 26.1. The standard InChI is InChI=1S/C26H17ClN2O7S2.H2S/c27-16-3-1-2-15(12-16)22-21(23(32)14-4-6-17(30)7-5-14)24(33)25(34)29(22)26-28-13-20(37-26)38(35,36)19-10-8-18(31)9-11-19;/h1-13,22,30-32H;1H2. The zero-order chi connectivity index (χ0) is 27.2. The van der Waals surface area contributed by atoms with E-state index in [2.05, 4.69) is 4.98 Å². The maximum absolute atomic E-state index is 13.3. The number of phenols is 2. The molecule has 0 aliphatic carbocycles. The molecule has 1 saturated heterocycles. The smallest absolute Gasteiger partial charge is 0.301 e. The summed E-state index contributed by atoms with van der Waals surface area (Å²) in [5.41, 5.74) is 0.318. The van der Waals surface area contributed by atoms with E-state index in [-0.39, 0.29) is 50.4 Å². The normalized spacial score (nSPS) is 16.7. The Morgan fingerprint density at radius 3 is 2.18 bits per heavy atom. The Labute approximate surface area is 238 Å². The molecule has 0 saturated carbocycles. The predicted octanol–water partition coefficient (Wildman–Crippen LogP) is 4.78. The number of aromatic hydroxyl groups is 2. The topological polar surface area (TPSA) is 145 Å². The highest BCUT2D eigenvalue weighted by Gasteiger charge is 2.48. The molecule has 3 aromatic carbocycles. The van der Waals surface area contributed by atoms with Gasteiger partial charge in [-0.05, 0) is 66.2 Å². The Morgan fingerprint density at radius 1 is 0.949 bits per heavy atom. The summed E-state index contributed by atoms with van der Waals surface area (Å²) >= 11 is 6.87. The number of hydrogen-bond donors (Lipinski definition) is 3. The SMILES string of the molecule is O=C1C(=O)N(c2ncc(S(=O)(=O)c3ccc(O)cc3)s2)C(c2cccc(Cl)c2)C1=C(O)c1ccc(O)cc1.S. The molecule has 9 nitrogen and oxygen atoms in total. The first-order valence-corrected chi connectivity index (χ1v) is 13.6. The van der Waals surface area contributed by atoms with Crippen LogP contribution in [0.15, 0.2) is 93.7 Å². The van der Waals surface area contributed by atoms with Gasteiger partial charge in [-0.1, -0.05) is 35.1 Å². The van der Waals surface area contributed by atoms with Gasteiger partial charge in [0.15, 0.2) is 5.13 Å². The Kier molecular flexibility index (Phi) is 7.75. The summed E-state index contributed by atoms with van der Waals surface area (Å²) in [5, 5.41) is 30.4. The highest BCUT2D eigenvalue weighted by atomic mass is 35.5. The number of carbonyl (C=O) groups excluding carboxylic acids is 2. The number of hydrogen-bond acceptors (Lipinski definition) is 9. The number of rotatable bonds is 5. The van der Waals surface area contributed by atoms with Crippen molar-refractivity contribution >= 4 is 68.9 Å². The molecule has 200 valence electrons. The quantitative estimate of drug-likeness (QED) is 0.168. The summed E-state index contributed by atoms with van der Waals surface area (Å²) in [4.78, 5) is 31.6. The number of aliphatic hydroxyl groups excluding tert-OH is 1. The second-order valence-electron chi connectivity index (χ2n) is 8.23. The third kappa shape index (κ3) is 5.11. The van der Waals surface area contributed by atoms with Gasteiger partial charge in [-0.15, -0.1) is 0 Å². The molecule has 13 heteroatoms. The first kappa shape index (κ1) is 28.2. The molecule has 1 amide bonds. The van der Waals surface area contributed by atoms with Crippen molar-refractivity contribution in [3.8, 4) is 11.5 Å². The van der Waals surface area contributed by atoms with Gasteiger partial charge in [-0.25, -0.2) is 13.4 Å². The lowest BCUT2D eigenvalue weighted by Crippen LogP contribution is -2.29. The van der Waals surface area contributed by atoms with Gasteiger partial charge in [-0.3, -0.25) is 14.5 Å². The Balaban J connectivity index is 0.00000353. The van der Waals surface area contributed by atoms with E-state index in [0.717, 1.165) is 11.1 Å². The third-order valence-corrected chi connectivity index (χ3v) is 9.30. The first-order valence-electron chi connectivity index (χ1n) is 10.9. The van der Waals surface area contributed by atoms with E-state index in [1.165, 1.54) is 54.6 Å². The van der Waals surface area contributed by atoms with Crippen molar-refractivity contribution in [3.63, 3.8) is 0 Å². The first-order chi connectivity index (χ1) is 18.1. The van der Waals surface area contributed by atoms with Gasteiger partial charge in [0.25, 0.3) is 5.78 Å². The number of amides is 1. The highest BCUT2D eigenvalue weighted by molar-refractivity contribution is 7.93. The number of nitrogens with zero attached hydrogens (tertiary/aromatic N) is 2. The number of Topliss-reactive ketones (excluding diaryl/α,β-unsaturated/α-hetero) is 1. The van der Waals surface area contributed by atoms with E-state index in [1.807, 2.05) is 0 Å². The molecular weight excluding hydrogens is 584 g/mol. The number of phenolic OH excluding ortho intramolecular Hbond substituents is 2. The van der Waals surface area contributed by atoms with Crippen LogP contribution in [0.3, 0.4) is 0 Å². The minimum absolute atomic E-state index is 0. The number of halogens is 1. The van der Waals surface area contributed by atoms with Crippen LogP contribution >= 0.6 is 36.4 Å². The highest BCUT2D eigenvalue weighted by Crippen LogP contribution is 2.44. The zero-order valence-corrected chi connectivity index (χ0v) is 23.0. The van der Waals surface area contributed by atoms with E-state index >= 15 is 0 Å². The summed E-state index contributed by atoms with van der Waals surface area (Å²) in [7, 11) is -4.05. The van der Waals surface area contributed by atoms with Crippen LogP contribution < -0.4 is 4.90 Å². The minimum Gasteiger partial charge on any atom is -0.508 e. The number of aliphatic hydroxyl groups is 1. The van der Waals surface area contributed by atoms with Gasteiger partial charge in [0.05, 0.1) is 22.7 Å². The van der Waals surface area contributed by atoms with Crippen LogP contribution in [0, 0.1) is 0 Å². The Morgan fingerprint density at radius 2 is 1.56 bits per heavy atom. The van der Waals surface area contributed by atoms with Crippen LogP contribution in [0.1, 0.15) is 17.2 Å². The van der Waals surface area contributed by atoms with Gasteiger partial charge in [0.2, 0.25) is 9.84 Å². The fourth-order valence-corrected chi connectivity index (χ4v) is 6.77. The second kappa shape index (κ2) is 10.7. The third-order valence-electron chi connectivity index (χ3n) is 5.84. The molecule has 1 aromatic heterocycles. The van der Waals surface area contributed by atoms with Crippen LogP contribution in [0.5, 0.6) is 11.5 Å². The largest absolute Gasteiger partial charge is 0.508 e. The van der Waals surface area contributed by atoms with E-state index < -0.39 is 33.3 Å². The van der Waals surface area contributed by atoms with Gasteiger partial charge in [0.1, 0.15) is 21.5 Å². The monoisotopic (exact) mass is 602 g/mol. The van der Waals surface area contributed by atoms with Crippen molar-refractivity contribution in [3.05, 3.63) is 101 Å². The van der Waals surface area contributed by atoms with Crippen LogP contribution in [0.2, 0.25) is 5.02 Å². The molecule has 39 heavy (non-hydrogen) atoms. The average molecular weight is 603 g/mol. The van der Waals surface area contributed by atoms with Gasteiger partial charge in [-0.2, -0.15) is 13.5 Å². The zero-order valence-electron chi connectivity index (χ0n) is 19.6. The molecule has 4 aromatic rings. The maximum Gasteiger partial charge on any atom is 0.301 e. The maximum atomic E-state index is 13.3. The predicted molar refractivity (Wildman–Crippen MR) is 150 cm³/mol. The number of anilines is 1. The molecule has 2 heterocycles. The fraction of sp³-hybridized carbons (Fsp3) is 0.0385. The van der Waals surface area contributed by atoms with Crippen LogP contribution in [-0.4, -0.2) is 40.4 Å².